The van der Waals surface area contributed by atoms with E-state index in [1.54, 1.807) is 0 Å². The molecule has 0 spiro atoms. The van der Waals surface area contributed by atoms with Crippen LogP contribution in [0.5, 0.6) is 0 Å². The number of hydrogen-bond donors (Lipinski definition) is 1. The maximum Gasteiger partial charge on any atom is 0.243 e. The summed E-state index contributed by atoms with van der Waals surface area (Å²) in [5.41, 5.74) is 0. The number of carbonyl (C=O) groups excluding carboxylic acids is 2. The average Bonchev–Trinajstić information content (AvgIpc) is 2.16. The van der Waals surface area contributed by atoms with Gasteiger partial charge in [-0.25, -0.2) is 0 Å². The van der Waals surface area contributed by atoms with Gasteiger partial charge in [-0.1, -0.05) is 0 Å². The van der Waals surface area contributed by atoms with Crippen LogP contribution < -0.4 is 5.32 Å². The zero-order chi connectivity index (χ0) is 10.4. The lowest BCUT2D eigenvalue weighted by molar-refractivity contribution is -0.146. The maximum absolute atomic E-state index is 11.3. The van der Waals surface area contributed by atoms with Crippen LogP contribution in [0.25, 0.3) is 0 Å². The number of piperazine rings is 1. The number of hydrogen-bond acceptors (Lipinski definition) is 4. The summed E-state index contributed by atoms with van der Waals surface area (Å²) in [5, 5.41) is 2.74. The Labute approximate surface area is 83.4 Å². The van der Waals surface area contributed by atoms with Gasteiger partial charge < -0.3 is 4.74 Å². The number of carbonyl (C=O) groups is 2. The molecule has 14 heavy (non-hydrogen) atoms. The molecule has 0 atom stereocenters. The second kappa shape index (κ2) is 5.72. The van der Waals surface area contributed by atoms with Crippen LogP contribution in [0.2, 0.25) is 0 Å². The zero-order valence-electron chi connectivity index (χ0n) is 8.41. The van der Waals surface area contributed by atoms with E-state index in [4.69, 9.17) is 4.74 Å². The Kier molecular flexibility index (Phi) is 4.55. The van der Waals surface area contributed by atoms with Crippen molar-refractivity contribution in [3.63, 3.8) is 0 Å². The average molecular weight is 200 g/mol. The van der Waals surface area contributed by atoms with Crippen molar-refractivity contribution in [2.24, 2.45) is 0 Å². The molecule has 1 rings (SSSR count). The highest BCUT2D eigenvalue weighted by atomic mass is 16.5. The molecule has 0 bridgehead atoms. The fourth-order valence-corrected chi connectivity index (χ4v) is 1.32. The highest BCUT2D eigenvalue weighted by molar-refractivity contribution is 5.99. The highest BCUT2D eigenvalue weighted by Gasteiger charge is 2.24. The van der Waals surface area contributed by atoms with Gasteiger partial charge >= 0.3 is 0 Å². The minimum Gasteiger partial charge on any atom is -0.382 e. The Morgan fingerprint density at radius 3 is 2.57 bits per heavy atom. The lowest BCUT2D eigenvalue weighted by Crippen LogP contribution is -2.52. The van der Waals surface area contributed by atoms with Crippen molar-refractivity contribution in [3.8, 4) is 0 Å². The largest absolute Gasteiger partial charge is 0.382 e. The zero-order valence-corrected chi connectivity index (χ0v) is 8.41. The summed E-state index contributed by atoms with van der Waals surface area (Å²) in [4.78, 5) is 23.8. The Bertz CT molecular complexity index is 202. The van der Waals surface area contributed by atoms with Crippen LogP contribution in [0.4, 0.5) is 0 Å². The fraction of sp³-hybridized carbons (Fsp3) is 0.778. The predicted molar refractivity (Wildman–Crippen MR) is 50.7 cm³/mol. The third-order valence-corrected chi connectivity index (χ3v) is 2.03. The topological polar surface area (TPSA) is 58.6 Å². The van der Waals surface area contributed by atoms with Crippen LogP contribution in [0, 0.1) is 0 Å². The number of imide groups is 1. The molecule has 80 valence electrons. The summed E-state index contributed by atoms with van der Waals surface area (Å²) in [6.45, 7) is 4.19. The monoisotopic (exact) mass is 200 g/mol. The van der Waals surface area contributed by atoms with Gasteiger partial charge in [-0.05, 0) is 13.3 Å². The molecule has 0 aromatic rings. The van der Waals surface area contributed by atoms with E-state index in [2.05, 4.69) is 5.32 Å². The number of nitrogens with one attached hydrogen (secondary N) is 1. The number of ether oxygens (including phenoxy) is 1. The summed E-state index contributed by atoms with van der Waals surface area (Å²) < 4.78 is 5.13. The van der Waals surface area contributed by atoms with Crippen molar-refractivity contribution in [1.82, 2.24) is 10.2 Å². The maximum atomic E-state index is 11.3. The van der Waals surface area contributed by atoms with Crippen molar-refractivity contribution in [2.45, 2.75) is 13.3 Å². The molecule has 1 fully saturated rings. The first-order valence-electron chi connectivity index (χ1n) is 4.87. The van der Waals surface area contributed by atoms with Crippen LogP contribution in [0.15, 0.2) is 0 Å². The first kappa shape index (κ1) is 11.1. The van der Waals surface area contributed by atoms with Gasteiger partial charge in [0.15, 0.2) is 0 Å². The van der Waals surface area contributed by atoms with Crippen molar-refractivity contribution in [3.05, 3.63) is 0 Å². The first-order chi connectivity index (χ1) is 6.75. The van der Waals surface area contributed by atoms with Gasteiger partial charge in [-0.3, -0.25) is 19.8 Å². The molecule has 1 heterocycles. The molecule has 0 aliphatic carbocycles. The van der Waals surface area contributed by atoms with Crippen molar-refractivity contribution >= 4 is 11.8 Å². The molecule has 1 aliphatic heterocycles. The van der Waals surface area contributed by atoms with E-state index in [0.717, 1.165) is 0 Å². The molecule has 0 aromatic carbocycles. The van der Waals surface area contributed by atoms with E-state index >= 15 is 0 Å². The van der Waals surface area contributed by atoms with Gasteiger partial charge in [0.1, 0.15) is 0 Å². The molecule has 0 aromatic heterocycles. The summed E-state index contributed by atoms with van der Waals surface area (Å²) >= 11 is 0. The molecule has 1 N–H and O–H groups in total. The van der Waals surface area contributed by atoms with Gasteiger partial charge in [0.25, 0.3) is 0 Å². The number of amides is 2. The quantitative estimate of drug-likeness (QED) is 0.474. The van der Waals surface area contributed by atoms with Crippen molar-refractivity contribution < 1.29 is 14.3 Å². The summed E-state index contributed by atoms with van der Waals surface area (Å²) in [6.07, 6.45) is 0.714. The Balaban J connectivity index is 2.26. The van der Waals surface area contributed by atoms with Gasteiger partial charge in [0.05, 0.1) is 13.1 Å². The minimum atomic E-state index is -0.141. The fourth-order valence-electron chi connectivity index (χ4n) is 1.32. The summed E-state index contributed by atoms with van der Waals surface area (Å²) in [7, 11) is 0. The summed E-state index contributed by atoms with van der Waals surface area (Å²) in [5.74, 6) is -0.282. The van der Waals surface area contributed by atoms with E-state index < -0.39 is 0 Å². The van der Waals surface area contributed by atoms with Gasteiger partial charge in [0.2, 0.25) is 11.8 Å². The van der Waals surface area contributed by atoms with Crippen LogP contribution >= 0.6 is 0 Å². The van der Waals surface area contributed by atoms with Crippen molar-refractivity contribution in [2.75, 3.05) is 32.8 Å². The van der Waals surface area contributed by atoms with Gasteiger partial charge in [0, 0.05) is 19.8 Å². The molecule has 0 saturated carbocycles. The van der Waals surface area contributed by atoms with E-state index in [-0.39, 0.29) is 24.9 Å². The Morgan fingerprint density at radius 2 is 2.00 bits per heavy atom. The molecule has 2 amide bonds. The Hall–Kier alpha value is -0.940. The Morgan fingerprint density at radius 1 is 1.36 bits per heavy atom. The molecule has 1 aliphatic rings. The molecule has 5 nitrogen and oxygen atoms in total. The highest BCUT2D eigenvalue weighted by Crippen LogP contribution is 1.98. The van der Waals surface area contributed by atoms with E-state index in [1.165, 1.54) is 4.90 Å². The molecular weight excluding hydrogens is 184 g/mol. The predicted octanol–water partition coefficient (Wildman–Crippen LogP) is -0.629. The van der Waals surface area contributed by atoms with Crippen LogP contribution in [-0.4, -0.2) is 49.6 Å². The van der Waals surface area contributed by atoms with Crippen LogP contribution in [0.1, 0.15) is 13.3 Å². The molecule has 0 radical (unpaired) electrons. The second-order valence-electron chi connectivity index (χ2n) is 3.09. The van der Waals surface area contributed by atoms with Gasteiger partial charge in [-0.2, -0.15) is 0 Å². The molecule has 5 heteroatoms. The van der Waals surface area contributed by atoms with E-state index in [1.807, 2.05) is 6.92 Å². The minimum absolute atomic E-state index is 0.141. The third kappa shape index (κ3) is 3.08. The third-order valence-electron chi connectivity index (χ3n) is 2.03. The molecule has 1 saturated heterocycles. The molecular formula is C9H16N2O3. The summed E-state index contributed by atoms with van der Waals surface area (Å²) in [6, 6.07) is 0. The lowest BCUT2D eigenvalue weighted by Gasteiger charge is -2.25. The SMILES string of the molecule is CCOCCCN1C(=O)CNCC1=O. The smallest absolute Gasteiger partial charge is 0.243 e. The normalized spacial score (nSPS) is 17.6. The first-order valence-corrected chi connectivity index (χ1v) is 4.87. The van der Waals surface area contributed by atoms with Gasteiger partial charge in [-0.15, -0.1) is 0 Å². The molecule has 0 unspecified atom stereocenters. The van der Waals surface area contributed by atoms with Crippen LogP contribution in [0.3, 0.4) is 0 Å². The van der Waals surface area contributed by atoms with E-state index in [0.29, 0.717) is 26.2 Å². The second-order valence-corrected chi connectivity index (χ2v) is 3.09. The lowest BCUT2D eigenvalue weighted by atomic mass is 10.3. The standard InChI is InChI=1S/C9H16N2O3/c1-2-14-5-3-4-11-8(12)6-10-7-9(11)13/h10H,2-7H2,1H3. The number of rotatable bonds is 5. The number of nitrogens with zero attached hydrogens (tertiary/aromatic N) is 1. The van der Waals surface area contributed by atoms with Crippen LogP contribution in [-0.2, 0) is 14.3 Å². The van der Waals surface area contributed by atoms with Crippen molar-refractivity contribution in [1.29, 1.82) is 0 Å². The van der Waals surface area contributed by atoms with E-state index in [9.17, 15) is 9.59 Å².